The van der Waals surface area contributed by atoms with Gasteiger partial charge in [0.2, 0.25) is 0 Å². The van der Waals surface area contributed by atoms with Crippen LogP contribution in [0.4, 0.5) is 10.5 Å². The van der Waals surface area contributed by atoms with Gasteiger partial charge in [-0.3, -0.25) is 14.9 Å². The molecular weight excluding hydrogens is 314 g/mol. The third kappa shape index (κ3) is 4.21. The van der Waals surface area contributed by atoms with E-state index in [1.165, 1.54) is 17.0 Å². The van der Waals surface area contributed by atoms with E-state index >= 15 is 0 Å². The summed E-state index contributed by atoms with van der Waals surface area (Å²) in [7, 11) is 0. The number of aliphatic carboxylic acids is 1. The van der Waals surface area contributed by atoms with Crippen molar-refractivity contribution in [3.63, 3.8) is 0 Å². The molecule has 2 amide bonds. The number of carbonyl (C=O) groups is 2. The van der Waals surface area contributed by atoms with Gasteiger partial charge in [0.1, 0.15) is 0 Å². The van der Waals surface area contributed by atoms with Gasteiger partial charge in [-0.1, -0.05) is 19.1 Å². The lowest BCUT2D eigenvalue weighted by Crippen LogP contribution is -2.49. The normalized spacial score (nSPS) is 21.8. The van der Waals surface area contributed by atoms with Gasteiger partial charge in [0.05, 0.1) is 16.9 Å². The zero-order valence-corrected chi connectivity index (χ0v) is 13.6. The average Bonchev–Trinajstić information content (AvgIpc) is 2.54. The van der Waals surface area contributed by atoms with Crippen molar-refractivity contribution < 1.29 is 19.6 Å². The van der Waals surface area contributed by atoms with Crippen LogP contribution >= 0.6 is 0 Å². The quantitative estimate of drug-likeness (QED) is 0.648. The Morgan fingerprint density at radius 2 is 1.96 bits per heavy atom. The predicted octanol–water partition coefficient (Wildman–Crippen LogP) is 2.41. The van der Waals surface area contributed by atoms with Crippen LogP contribution in [0.5, 0.6) is 0 Å². The Labute approximate surface area is 139 Å². The molecule has 2 N–H and O–H groups in total. The monoisotopic (exact) mass is 335 g/mol. The molecule has 1 saturated heterocycles. The highest BCUT2D eigenvalue weighted by atomic mass is 16.6. The number of amides is 2. The van der Waals surface area contributed by atoms with Crippen LogP contribution in [0.1, 0.15) is 31.9 Å². The number of nitrogens with one attached hydrogen (secondary N) is 1. The van der Waals surface area contributed by atoms with Crippen molar-refractivity contribution in [1.29, 1.82) is 0 Å². The molecule has 2 unspecified atom stereocenters. The number of likely N-dealkylation sites (tertiary alicyclic amines) is 1. The van der Waals surface area contributed by atoms with Crippen LogP contribution in [0.15, 0.2) is 24.3 Å². The van der Waals surface area contributed by atoms with Gasteiger partial charge in [0, 0.05) is 25.2 Å². The van der Waals surface area contributed by atoms with Gasteiger partial charge in [-0.15, -0.1) is 0 Å². The highest BCUT2D eigenvalue weighted by Crippen LogP contribution is 2.23. The number of carbonyl (C=O) groups excluding carboxylic acids is 1. The first-order valence-electron chi connectivity index (χ1n) is 7.80. The van der Waals surface area contributed by atoms with Gasteiger partial charge < -0.3 is 15.3 Å². The number of carboxylic acid groups (broad SMARTS) is 1. The molecule has 1 aromatic rings. The molecule has 1 aromatic carbocycles. The molecule has 1 heterocycles. The van der Waals surface area contributed by atoms with Crippen molar-refractivity contribution in [2.45, 2.75) is 26.3 Å². The molecule has 0 radical (unpaired) electrons. The third-order valence-corrected chi connectivity index (χ3v) is 4.24. The van der Waals surface area contributed by atoms with Crippen LogP contribution in [0, 0.1) is 22.0 Å². The van der Waals surface area contributed by atoms with Gasteiger partial charge >= 0.3 is 12.0 Å². The maximum atomic E-state index is 12.4. The van der Waals surface area contributed by atoms with Crippen LogP contribution in [0.3, 0.4) is 0 Å². The molecule has 3 atom stereocenters. The largest absolute Gasteiger partial charge is 0.481 e. The maximum Gasteiger partial charge on any atom is 0.317 e. The Hall–Kier alpha value is -2.64. The van der Waals surface area contributed by atoms with Crippen LogP contribution < -0.4 is 5.32 Å². The summed E-state index contributed by atoms with van der Waals surface area (Å²) in [5, 5.41) is 22.7. The van der Waals surface area contributed by atoms with E-state index in [0.717, 1.165) is 5.56 Å². The molecule has 0 aromatic heterocycles. The molecule has 8 nitrogen and oxygen atoms in total. The van der Waals surface area contributed by atoms with Crippen LogP contribution in [0.25, 0.3) is 0 Å². The third-order valence-electron chi connectivity index (χ3n) is 4.24. The number of urea groups is 1. The van der Waals surface area contributed by atoms with Crippen molar-refractivity contribution in [2.24, 2.45) is 11.8 Å². The Morgan fingerprint density at radius 1 is 1.33 bits per heavy atom. The molecule has 24 heavy (non-hydrogen) atoms. The van der Waals surface area contributed by atoms with Gasteiger partial charge in [-0.2, -0.15) is 0 Å². The highest BCUT2D eigenvalue weighted by Gasteiger charge is 2.32. The van der Waals surface area contributed by atoms with E-state index in [2.05, 4.69) is 5.32 Å². The highest BCUT2D eigenvalue weighted by molar-refractivity contribution is 5.77. The number of nitro groups is 1. The summed E-state index contributed by atoms with van der Waals surface area (Å²) in [5.74, 6) is -1.31. The Balaban J connectivity index is 2.00. The zero-order valence-electron chi connectivity index (χ0n) is 13.6. The van der Waals surface area contributed by atoms with Gasteiger partial charge in [0.25, 0.3) is 5.69 Å². The SMILES string of the molecule is CC1CC(C(=O)O)CN(C(=O)N[C@@H](C)c2ccc([N+](=O)[O-])cc2)C1. The second-order valence-electron chi connectivity index (χ2n) is 6.30. The van der Waals surface area contributed by atoms with Crippen molar-refractivity contribution in [2.75, 3.05) is 13.1 Å². The number of rotatable bonds is 4. The number of carboxylic acids is 1. The maximum absolute atomic E-state index is 12.4. The summed E-state index contributed by atoms with van der Waals surface area (Å²) in [6.07, 6.45) is 0.566. The fourth-order valence-corrected chi connectivity index (χ4v) is 2.94. The van der Waals surface area contributed by atoms with E-state index in [9.17, 15) is 24.8 Å². The topological polar surface area (TPSA) is 113 Å². The number of piperidine rings is 1. The summed E-state index contributed by atoms with van der Waals surface area (Å²) >= 11 is 0. The minimum atomic E-state index is -0.886. The summed E-state index contributed by atoms with van der Waals surface area (Å²) < 4.78 is 0. The Bertz CT molecular complexity index is 631. The Morgan fingerprint density at radius 3 is 2.50 bits per heavy atom. The molecule has 130 valence electrons. The first kappa shape index (κ1) is 17.7. The fourth-order valence-electron chi connectivity index (χ4n) is 2.94. The lowest BCUT2D eigenvalue weighted by atomic mass is 9.91. The van der Waals surface area contributed by atoms with Crippen LogP contribution in [-0.2, 0) is 4.79 Å². The molecule has 0 aliphatic carbocycles. The van der Waals surface area contributed by atoms with E-state index in [4.69, 9.17) is 0 Å². The second kappa shape index (κ2) is 7.29. The van der Waals surface area contributed by atoms with Crippen molar-refractivity contribution in [1.82, 2.24) is 10.2 Å². The number of nitrogens with zero attached hydrogens (tertiary/aromatic N) is 2. The van der Waals surface area contributed by atoms with E-state index in [-0.39, 0.29) is 30.2 Å². The van der Waals surface area contributed by atoms with E-state index in [1.54, 1.807) is 19.1 Å². The molecule has 1 fully saturated rings. The second-order valence-corrected chi connectivity index (χ2v) is 6.30. The number of non-ortho nitro benzene ring substituents is 1. The minimum Gasteiger partial charge on any atom is -0.481 e. The average molecular weight is 335 g/mol. The molecule has 1 aliphatic rings. The first-order chi connectivity index (χ1) is 11.3. The summed E-state index contributed by atoms with van der Waals surface area (Å²) in [5.41, 5.74) is 0.736. The zero-order chi connectivity index (χ0) is 17.9. The molecular formula is C16H21N3O5. The van der Waals surface area contributed by atoms with Gasteiger partial charge in [-0.05, 0) is 24.8 Å². The number of hydrogen-bond donors (Lipinski definition) is 2. The first-order valence-corrected chi connectivity index (χ1v) is 7.80. The van der Waals surface area contributed by atoms with Gasteiger partial charge in [0.15, 0.2) is 0 Å². The lowest BCUT2D eigenvalue weighted by Gasteiger charge is -2.35. The number of hydrogen-bond acceptors (Lipinski definition) is 4. The smallest absolute Gasteiger partial charge is 0.317 e. The molecule has 8 heteroatoms. The molecule has 0 spiro atoms. The molecule has 0 saturated carbocycles. The van der Waals surface area contributed by atoms with Crippen LogP contribution in [0.2, 0.25) is 0 Å². The molecule has 1 aliphatic heterocycles. The molecule has 2 rings (SSSR count). The Kier molecular flexibility index (Phi) is 5.38. The van der Waals surface area contributed by atoms with Crippen molar-refractivity contribution in [3.8, 4) is 0 Å². The van der Waals surface area contributed by atoms with E-state index < -0.39 is 16.8 Å². The van der Waals surface area contributed by atoms with E-state index in [1.807, 2.05) is 6.92 Å². The van der Waals surface area contributed by atoms with E-state index in [0.29, 0.717) is 13.0 Å². The van der Waals surface area contributed by atoms with Crippen LogP contribution in [-0.4, -0.2) is 40.0 Å². The standard InChI is InChI=1S/C16H21N3O5/c1-10-7-13(15(20)21)9-18(8-10)16(22)17-11(2)12-3-5-14(6-4-12)19(23)24/h3-6,10-11,13H,7-9H2,1-2H3,(H,17,22)(H,20,21)/t10?,11-,13?/m0/s1. The van der Waals surface area contributed by atoms with Crippen molar-refractivity contribution in [3.05, 3.63) is 39.9 Å². The van der Waals surface area contributed by atoms with Crippen molar-refractivity contribution >= 4 is 17.7 Å². The predicted molar refractivity (Wildman–Crippen MR) is 86.5 cm³/mol. The number of nitro benzene ring substituents is 1. The minimum absolute atomic E-state index is 0.00793. The van der Waals surface area contributed by atoms with Gasteiger partial charge in [-0.25, -0.2) is 4.79 Å². The molecule has 0 bridgehead atoms. The number of benzene rings is 1. The summed E-state index contributed by atoms with van der Waals surface area (Å²) in [4.78, 5) is 35.3. The summed E-state index contributed by atoms with van der Waals surface area (Å²) in [6, 6.07) is 5.32. The fraction of sp³-hybridized carbons (Fsp3) is 0.500. The summed E-state index contributed by atoms with van der Waals surface area (Å²) in [6.45, 7) is 4.41. The lowest BCUT2D eigenvalue weighted by molar-refractivity contribution is -0.384.